The number of carbonyl (C=O) groups is 2. The first-order chi connectivity index (χ1) is 14.6. The smallest absolute Gasteiger partial charge is 0.306 e. The van der Waals surface area contributed by atoms with E-state index < -0.39 is 5.97 Å². The van der Waals surface area contributed by atoms with E-state index in [4.69, 9.17) is 5.11 Å². The van der Waals surface area contributed by atoms with Crippen LogP contribution < -0.4 is 0 Å². The molecule has 0 bridgehead atoms. The zero-order chi connectivity index (χ0) is 22.6. The van der Waals surface area contributed by atoms with Gasteiger partial charge in [0.25, 0.3) is 0 Å². The van der Waals surface area contributed by atoms with Gasteiger partial charge in [0.1, 0.15) is 0 Å². The summed E-state index contributed by atoms with van der Waals surface area (Å²) in [6, 6.07) is 0. The molecule has 4 rings (SSSR count). The molecule has 3 fully saturated rings. The summed E-state index contributed by atoms with van der Waals surface area (Å²) in [5.74, 6) is 1.69. The molecule has 0 aromatic carbocycles. The Morgan fingerprint density at radius 3 is 2.55 bits per heavy atom. The van der Waals surface area contributed by atoms with Crippen LogP contribution in [0.15, 0.2) is 11.6 Å². The van der Waals surface area contributed by atoms with Gasteiger partial charge >= 0.3 is 5.97 Å². The molecule has 0 aromatic heterocycles. The molecule has 0 aliphatic heterocycles. The van der Waals surface area contributed by atoms with Crippen LogP contribution in [0.5, 0.6) is 0 Å². The molecule has 0 aromatic rings. The first-order valence-corrected chi connectivity index (χ1v) is 12.7. The summed E-state index contributed by atoms with van der Waals surface area (Å²) in [6.45, 7) is 9.00. The normalized spacial score (nSPS) is 44.0. The van der Waals surface area contributed by atoms with E-state index in [1.807, 2.05) is 13.0 Å². The largest absolute Gasteiger partial charge is 0.481 e. The molecule has 4 aliphatic rings. The first-order valence-electron chi connectivity index (χ1n) is 12.7. The van der Waals surface area contributed by atoms with E-state index in [0.717, 1.165) is 44.9 Å². The molecule has 4 nitrogen and oxygen atoms in total. The molecule has 0 amide bonds. The fraction of sp³-hybridized carbons (Fsp3) is 0.852. The molecule has 0 spiro atoms. The molecule has 2 N–H and O–H groups in total. The van der Waals surface area contributed by atoms with Gasteiger partial charge in [-0.05, 0) is 91.9 Å². The third-order valence-electron chi connectivity index (χ3n) is 10.4. The average molecular weight is 431 g/mol. The number of hydrogen-bond acceptors (Lipinski definition) is 3. The minimum atomic E-state index is -0.689. The lowest BCUT2D eigenvalue weighted by Crippen LogP contribution is -2.53. The lowest BCUT2D eigenvalue weighted by molar-refractivity contribution is -0.141. The van der Waals surface area contributed by atoms with Gasteiger partial charge in [-0.15, -0.1) is 0 Å². The molecule has 31 heavy (non-hydrogen) atoms. The van der Waals surface area contributed by atoms with Gasteiger partial charge in [-0.1, -0.05) is 46.1 Å². The predicted octanol–water partition coefficient (Wildman–Crippen LogP) is 5.63. The van der Waals surface area contributed by atoms with E-state index in [-0.39, 0.29) is 28.8 Å². The second-order valence-electron chi connectivity index (χ2n) is 12.0. The van der Waals surface area contributed by atoms with E-state index in [1.165, 1.54) is 18.4 Å². The second-order valence-corrected chi connectivity index (χ2v) is 12.0. The van der Waals surface area contributed by atoms with Gasteiger partial charge in [0.15, 0.2) is 5.78 Å². The van der Waals surface area contributed by atoms with E-state index in [1.54, 1.807) is 0 Å². The number of carboxylic acid groups (broad SMARTS) is 1. The maximum atomic E-state index is 13.4. The highest BCUT2D eigenvalue weighted by molar-refractivity contribution is 5.94. The van der Waals surface area contributed by atoms with Crippen molar-refractivity contribution in [3.63, 3.8) is 0 Å². The topological polar surface area (TPSA) is 74.6 Å². The monoisotopic (exact) mass is 430 g/mol. The van der Waals surface area contributed by atoms with Gasteiger partial charge in [0.2, 0.25) is 0 Å². The van der Waals surface area contributed by atoms with Crippen molar-refractivity contribution in [2.24, 2.45) is 46.3 Å². The summed E-state index contributed by atoms with van der Waals surface area (Å²) in [4.78, 5) is 24.5. The highest BCUT2D eigenvalue weighted by Gasteiger charge is 2.61. The number of hydrogen-bond donors (Lipinski definition) is 2. The fourth-order valence-electron chi connectivity index (χ4n) is 8.43. The Morgan fingerprint density at radius 1 is 1.10 bits per heavy atom. The second kappa shape index (κ2) is 8.32. The average Bonchev–Trinajstić information content (AvgIpc) is 3.06. The molecule has 3 saturated carbocycles. The Hall–Kier alpha value is -1.16. The van der Waals surface area contributed by atoms with Crippen LogP contribution in [0.1, 0.15) is 91.9 Å². The maximum absolute atomic E-state index is 13.4. The minimum absolute atomic E-state index is 0.0931. The SMILES string of the molecule is CC(CCC[C@@H](C)[C@H]1CC[C@H]2[C@@H]3C(=O)C=C4C[C@@H](O)CC[C@]4(C)[C@H]3CC[C@]12C)C(=O)O. The van der Waals surface area contributed by atoms with Crippen LogP contribution >= 0.6 is 0 Å². The van der Waals surface area contributed by atoms with E-state index in [9.17, 15) is 14.7 Å². The summed E-state index contributed by atoms with van der Waals surface area (Å²) in [6.07, 6.45) is 11.7. The zero-order valence-corrected chi connectivity index (χ0v) is 19.9. The molecule has 0 heterocycles. The standard InChI is InChI=1S/C27H42O4/c1-16(6-5-7-17(2)25(30)31)20-8-9-21-24-22(11-13-27(20,21)4)26(3)12-10-19(28)14-18(26)15-23(24)29/h15-17,19-22,24,28H,5-14H2,1-4H3,(H,30,31)/t16-,17?,19+,20-,21+,22+,24+,26+,27-/m1/s1. The summed E-state index contributed by atoms with van der Waals surface area (Å²) >= 11 is 0. The third-order valence-corrected chi connectivity index (χ3v) is 10.4. The number of fused-ring (bicyclic) bond motifs is 5. The van der Waals surface area contributed by atoms with E-state index in [2.05, 4.69) is 20.8 Å². The number of ketones is 1. The Labute approximate surface area is 187 Å². The molecule has 4 heteroatoms. The Morgan fingerprint density at radius 2 is 1.84 bits per heavy atom. The van der Waals surface area contributed by atoms with Crippen LogP contribution in [0.25, 0.3) is 0 Å². The highest BCUT2D eigenvalue weighted by atomic mass is 16.4. The van der Waals surface area contributed by atoms with E-state index >= 15 is 0 Å². The lowest BCUT2D eigenvalue weighted by atomic mass is 9.46. The molecular formula is C27H42O4. The van der Waals surface area contributed by atoms with Crippen molar-refractivity contribution in [2.75, 3.05) is 0 Å². The third kappa shape index (κ3) is 3.81. The van der Waals surface area contributed by atoms with Crippen LogP contribution in [0.3, 0.4) is 0 Å². The Balaban J connectivity index is 1.49. The van der Waals surface area contributed by atoms with Crippen molar-refractivity contribution in [3.05, 3.63) is 11.6 Å². The maximum Gasteiger partial charge on any atom is 0.306 e. The van der Waals surface area contributed by atoms with Crippen molar-refractivity contribution in [2.45, 2.75) is 98.0 Å². The fourth-order valence-corrected chi connectivity index (χ4v) is 8.43. The summed E-state index contributed by atoms with van der Waals surface area (Å²) in [5.41, 5.74) is 1.54. The summed E-state index contributed by atoms with van der Waals surface area (Å²) in [5, 5.41) is 19.3. The van der Waals surface area contributed by atoms with Gasteiger partial charge in [0.05, 0.1) is 12.0 Å². The number of carboxylic acids is 1. The molecule has 174 valence electrons. The first kappa shape index (κ1) is 23.0. The molecule has 4 aliphatic carbocycles. The van der Waals surface area contributed by atoms with Crippen LogP contribution in [0, 0.1) is 46.3 Å². The molecule has 0 saturated heterocycles. The number of carbonyl (C=O) groups excluding carboxylic acids is 1. The Bertz CT molecular complexity index is 756. The van der Waals surface area contributed by atoms with Gasteiger partial charge in [-0.2, -0.15) is 0 Å². The van der Waals surface area contributed by atoms with Gasteiger partial charge in [0, 0.05) is 5.92 Å². The van der Waals surface area contributed by atoms with E-state index in [0.29, 0.717) is 35.9 Å². The number of aliphatic hydroxyl groups is 1. The summed E-state index contributed by atoms with van der Waals surface area (Å²) in [7, 11) is 0. The zero-order valence-electron chi connectivity index (χ0n) is 19.9. The van der Waals surface area contributed by atoms with Crippen molar-refractivity contribution in [1.82, 2.24) is 0 Å². The van der Waals surface area contributed by atoms with Gasteiger partial charge in [-0.25, -0.2) is 0 Å². The van der Waals surface area contributed by atoms with Crippen molar-refractivity contribution >= 4 is 11.8 Å². The van der Waals surface area contributed by atoms with Gasteiger partial charge in [-0.3, -0.25) is 9.59 Å². The highest BCUT2D eigenvalue weighted by Crippen LogP contribution is 2.66. The van der Waals surface area contributed by atoms with Crippen molar-refractivity contribution < 1.29 is 19.8 Å². The predicted molar refractivity (Wildman–Crippen MR) is 121 cm³/mol. The quantitative estimate of drug-likeness (QED) is 0.572. The minimum Gasteiger partial charge on any atom is -0.481 e. The number of rotatable bonds is 6. The van der Waals surface area contributed by atoms with Gasteiger partial charge < -0.3 is 10.2 Å². The van der Waals surface area contributed by atoms with Crippen LogP contribution in [0.2, 0.25) is 0 Å². The lowest BCUT2D eigenvalue weighted by Gasteiger charge is -2.57. The Kier molecular flexibility index (Phi) is 6.17. The number of allylic oxidation sites excluding steroid dienone is 1. The molecule has 1 unspecified atom stereocenters. The number of aliphatic hydroxyl groups excluding tert-OH is 1. The number of aliphatic carboxylic acids is 1. The van der Waals surface area contributed by atoms with Crippen LogP contribution in [-0.2, 0) is 9.59 Å². The molecular weight excluding hydrogens is 388 g/mol. The van der Waals surface area contributed by atoms with Crippen LogP contribution in [-0.4, -0.2) is 28.1 Å². The molecule has 9 atom stereocenters. The van der Waals surface area contributed by atoms with Crippen LogP contribution in [0.4, 0.5) is 0 Å². The molecule has 0 radical (unpaired) electrons. The summed E-state index contributed by atoms with van der Waals surface area (Å²) < 4.78 is 0. The van der Waals surface area contributed by atoms with Crippen molar-refractivity contribution in [3.8, 4) is 0 Å². The van der Waals surface area contributed by atoms with Crippen molar-refractivity contribution in [1.29, 1.82) is 0 Å².